The maximum atomic E-state index is 5.81. The lowest BCUT2D eigenvalue weighted by molar-refractivity contribution is 0.532. The van der Waals surface area contributed by atoms with Crippen LogP contribution in [-0.4, -0.2) is 6.54 Å². The largest absolute Gasteiger partial charge is 0.330 e. The minimum Gasteiger partial charge on any atom is -0.330 e. The van der Waals surface area contributed by atoms with Crippen LogP contribution in [0, 0.1) is 20.8 Å². The summed E-state index contributed by atoms with van der Waals surface area (Å²) in [5.74, 6) is 0. The Labute approximate surface area is 87.3 Å². The molecule has 0 aliphatic heterocycles. The molecule has 2 N–H and O–H groups in total. The fourth-order valence-electron chi connectivity index (χ4n) is 2.35. The zero-order chi connectivity index (χ0) is 10.9. The van der Waals surface area contributed by atoms with Gasteiger partial charge in [0.1, 0.15) is 0 Å². The summed E-state index contributed by atoms with van der Waals surface area (Å²) in [6, 6.07) is 4.47. The molecule has 0 unspecified atom stereocenters. The van der Waals surface area contributed by atoms with E-state index >= 15 is 0 Å². The lowest BCUT2D eigenvalue weighted by Crippen LogP contribution is -2.30. The third-order valence-electron chi connectivity index (χ3n) is 2.86. The average Bonchev–Trinajstić information content (AvgIpc) is 2.01. The van der Waals surface area contributed by atoms with Gasteiger partial charge >= 0.3 is 0 Å². The maximum absolute atomic E-state index is 5.81. The molecule has 0 spiro atoms. The predicted molar refractivity (Wildman–Crippen MR) is 62.7 cm³/mol. The molecule has 1 aromatic rings. The maximum Gasteiger partial charge on any atom is 0.00243 e. The quantitative estimate of drug-likeness (QED) is 0.764. The van der Waals surface area contributed by atoms with Crippen molar-refractivity contribution >= 4 is 0 Å². The molecule has 0 fully saturated rings. The Morgan fingerprint density at radius 3 is 1.86 bits per heavy atom. The molecule has 0 aliphatic rings. The van der Waals surface area contributed by atoms with Crippen LogP contribution in [-0.2, 0) is 5.41 Å². The smallest absolute Gasteiger partial charge is 0.00243 e. The first-order valence-corrected chi connectivity index (χ1v) is 5.17. The van der Waals surface area contributed by atoms with Gasteiger partial charge in [0, 0.05) is 12.0 Å². The molecule has 0 heterocycles. The number of rotatable bonds is 2. The van der Waals surface area contributed by atoms with Crippen molar-refractivity contribution in [2.45, 2.75) is 40.0 Å². The molecule has 0 saturated carbocycles. The van der Waals surface area contributed by atoms with E-state index in [1.54, 1.807) is 0 Å². The predicted octanol–water partition coefficient (Wildman–Crippen LogP) is 2.85. The van der Waals surface area contributed by atoms with E-state index in [1.165, 1.54) is 22.3 Å². The van der Waals surface area contributed by atoms with Gasteiger partial charge in [0.2, 0.25) is 0 Å². The Hall–Kier alpha value is -0.820. The van der Waals surface area contributed by atoms with Gasteiger partial charge in [0.05, 0.1) is 0 Å². The van der Waals surface area contributed by atoms with E-state index in [9.17, 15) is 0 Å². The standard InChI is InChI=1S/C13H21N/c1-9-6-10(2)12(11(3)7-9)13(4,5)8-14/h6-7H,8,14H2,1-5H3. The van der Waals surface area contributed by atoms with Gasteiger partial charge < -0.3 is 5.73 Å². The summed E-state index contributed by atoms with van der Waals surface area (Å²) >= 11 is 0. The van der Waals surface area contributed by atoms with E-state index < -0.39 is 0 Å². The Morgan fingerprint density at radius 1 is 1.07 bits per heavy atom. The molecule has 1 heteroatoms. The van der Waals surface area contributed by atoms with E-state index in [0.717, 1.165) is 0 Å². The van der Waals surface area contributed by atoms with Gasteiger partial charge in [0.15, 0.2) is 0 Å². The molecule has 0 amide bonds. The highest BCUT2D eigenvalue weighted by Crippen LogP contribution is 2.29. The number of aryl methyl sites for hydroxylation is 3. The van der Waals surface area contributed by atoms with E-state index in [1.807, 2.05) is 0 Å². The monoisotopic (exact) mass is 191 g/mol. The molecular formula is C13H21N. The van der Waals surface area contributed by atoms with Crippen molar-refractivity contribution in [3.05, 3.63) is 34.4 Å². The van der Waals surface area contributed by atoms with Gasteiger partial charge in [-0.25, -0.2) is 0 Å². The first kappa shape index (κ1) is 11.3. The second kappa shape index (κ2) is 3.74. The first-order chi connectivity index (χ1) is 6.38. The molecule has 0 radical (unpaired) electrons. The molecule has 0 aliphatic carbocycles. The highest BCUT2D eigenvalue weighted by molar-refractivity contribution is 5.42. The minimum absolute atomic E-state index is 0.0852. The van der Waals surface area contributed by atoms with Crippen molar-refractivity contribution in [2.75, 3.05) is 6.54 Å². The van der Waals surface area contributed by atoms with E-state index in [0.29, 0.717) is 6.54 Å². The van der Waals surface area contributed by atoms with Gasteiger partial charge in [-0.1, -0.05) is 31.5 Å². The Kier molecular flexibility index (Phi) is 3.01. The van der Waals surface area contributed by atoms with Crippen molar-refractivity contribution in [3.8, 4) is 0 Å². The summed E-state index contributed by atoms with van der Waals surface area (Å²) in [5, 5.41) is 0. The number of benzene rings is 1. The third-order valence-corrected chi connectivity index (χ3v) is 2.86. The number of hydrogen-bond donors (Lipinski definition) is 1. The summed E-state index contributed by atoms with van der Waals surface area (Å²) in [5.41, 5.74) is 11.4. The van der Waals surface area contributed by atoms with Crippen molar-refractivity contribution < 1.29 is 0 Å². The number of nitrogens with two attached hydrogens (primary N) is 1. The van der Waals surface area contributed by atoms with E-state index in [2.05, 4.69) is 46.8 Å². The lowest BCUT2D eigenvalue weighted by Gasteiger charge is -2.27. The molecular weight excluding hydrogens is 170 g/mol. The number of hydrogen-bond acceptors (Lipinski definition) is 1. The topological polar surface area (TPSA) is 26.0 Å². The van der Waals surface area contributed by atoms with Crippen LogP contribution in [0.3, 0.4) is 0 Å². The summed E-state index contributed by atoms with van der Waals surface area (Å²) in [6.07, 6.45) is 0. The molecule has 1 nitrogen and oxygen atoms in total. The summed E-state index contributed by atoms with van der Waals surface area (Å²) < 4.78 is 0. The molecule has 0 bridgehead atoms. The van der Waals surface area contributed by atoms with Crippen LogP contribution < -0.4 is 5.73 Å². The zero-order valence-electron chi connectivity index (χ0n) is 9.94. The average molecular weight is 191 g/mol. The van der Waals surface area contributed by atoms with Crippen molar-refractivity contribution in [1.82, 2.24) is 0 Å². The summed E-state index contributed by atoms with van der Waals surface area (Å²) in [7, 11) is 0. The van der Waals surface area contributed by atoms with Crippen molar-refractivity contribution in [2.24, 2.45) is 5.73 Å². The molecule has 78 valence electrons. The normalized spacial score (nSPS) is 11.9. The lowest BCUT2D eigenvalue weighted by atomic mass is 9.79. The highest BCUT2D eigenvalue weighted by atomic mass is 14.6. The summed E-state index contributed by atoms with van der Waals surface area (Å²) in [6.45, 7) is 11.6. The zero-order valence-corrected chi connectivity index (χ0v) is 9.94. The van der Waals surface area contributed by atoms with E-state index in [-0.39, 0.29) is 5.41 Å². The van der Waals surface area contributed by atoms with E-state index in [4.69, 9.17) is 5.73 Å². The molecule has 1 aromatic carbocycles. The van der Waals surface area contributed by atoms with Gasteiger partial charge in [-0.2, -0.15) is 0 Å². The third kappa shape index (κ3) is 1.98. The van der Waals surface area contributed by atoms with Crippen molar-refractivity contribution in [1.29, 1.82) is 0 Å². The van der Waals surface area contributed by atoms with Crippen LogP contribution in [0.4, 0.5) is 0 Å². The summed E-state index contributed by atoms with van der Waals surface area (Å²) in [4.78, 5) is 0. The molecule has 0 aromatic heterocycles. The first-order valence-electron chi connectivity index (χ1n) is 5.17. The second-order valence-electron chi connectivity index (χ2n) is 4.86. The Balaban J connectivity index is 3.35. The van der Waals surface area contributed by atoms with Gasteiger partial charge in [-0.05, 0) is 37.5 Å². The molecule has 14 heavy (non-hydrogen) atoms. The van der Waals surface area contributed by atoms with Crippen LogP contribution in [0.1, 0.15) is 36.1 Å². The van der Waals surface area contributed by atoms with Crippen LogP contribution in [0.2, 0.25) is 0 Å². The van der Waals surface area contributed by atoms with Crippen LogP contribution >= 0.6 is 0 Å². The van der Waals surface area contributed by atoms with Gasteiger partial charge in [-0.3, -0.25) is 0 Å². The SMILES string of the molecule is Cc1cc(C)c(C(C)(C)CN)c(C)c1. The fraction of sp³-hybridized carbons (Fsp3) is 0.538. The van der Waals surface area contributed by atoms with Crippen molar-refractivity contribution in [3.63, 3.8) is 0 Å². The Bertz CT molecular complexity index is 314. The van der Waals surface area contributed by atoms with Crippen LogP contribution in [0.25, 0.3) is 0 Å². The highest BCUT2D eigenvalue weighted by Gasteiger charge is 2.22. The molecule has 0 atom stereocenters. The van der Waals surface area contributed by atoms with Crippen LogP contribution in [0.15, 0.2) is 12.1 Å². The fourth-order valence-corrected chi connectivity index (χ4v) is 2.35. The van der Waals surface area contributed by atoms with Crippen LogP contribution in [0.5, 0.6) is 0 Å². The molecule has 1 rings (SSSR count). The molecule has 0 saturated heterocycles. The Morgan fingerprint density at radius 2 is 1.50 bits per heavy atom. The van der Waals surface area contributed by atoms with Gasteiger partial charge in [-0.15, -0.1) is 0 Å². The minimum atomic E-state index is 0.0852. The second-order valence-corrected chi connectivity index (χ2v) is 4.86. The van der Waals surface area contributed by atoms with Gasteiger partial charge in [0.25, 0.3) is 0 Å².